The van der Waals surface area contributed by atoms with Gasteiger partial charge in [-0.3, -0.25) is 0 Å². The van der Waals surface area contributed by atoms with E-state index in [1.807, 2.05) is 42.5 Å². The number of nitrogens with zero attached hydrogens (tertiary/aromatic N) is 3. The summed E-state index contributed by atoms with van der Waals surface area (Å²) in [6.45, 7) is 3.67. The van der Waals surface area contributed by atoms with Gasteiger partial charge in [-0.1, -0.05) is 78.9 Å². The van der Waals surface area contributed by atoms with Crippen LogP contribution in [0.3, 0.4) is 0 Å². The second-order valence-corrected chi connectivity index (χ2v) is 6.07. The molecule has 0 amide bonds. The highest BCUT2D eigenvalue weighted by Gasteiger charge is 2.14. The van der Waals surface area contributed by atoms with Gasteiger partial charge in [0.2, 0.25) is 0 Å². The highest BCUT2D eigenvalue weighted by Crippen LogP contribution is 2.21. The monoisotopic (exact) mass is 361 g/mol. The molecule has 1 aliphatic rings. The van der Waals surface area contributed by atoms with Crippen LogP contribution in [0, 0.1) is 5.92 Å². The Hall–Kier alpha value is -2.78. The summed E-state index contributed by atoms with van der Waals surface area (Å²) in [7, 11) is 0. The molecule has 0 aliphatic heterocycles. The van der Waals surface area contributed by atoms with E-state index < -0.39 is 0 Å². The molecule has 3 rings (SSSR count). The van der Waals surface area contributed by atoms with Crippen molar-refractivity contribution in [3.63, 3.8) is 0 Å². The smallest absolute Gasteiger partial charge is 0.157 e. The van der Waals surface area contributed by atoms with Crippen LogP contribution in [-0.2, 0) is 0 Å². The Balaban J connectivity index is 1.89. The molecule has 0 heterocycles. The second-order valence-electron chi connectivity index (χ2n) is 5.83. The Labute approximate surface area is 159 Å². The van der Waals surface area contributed by atoms with Gasteiger partial charge in [-0.15, -0.1) is 11.6 Å². The Morgan fingerprint density at radius 2 is 1.73 bits per heavy atom. The Bertz CT molecular complexity index is 862. The molecule has 0 fully saturated rings. The first-order valence-corrected chi connectivity index (χ1v) is 9.00. The van der Waals surface area contributed by atoms with Gasteiger partial charge in [0, 0.05) is 11.5 Å². The van der Waals surface area contributed by atoms with Gasteiger partial charge in [-0.05, 0) is 24.3 Å². The highest BCUT2D eigenvalue weighted by molar-refractivity contribution is 6.19. The van der Waals surface area contributed by atoms with Gasteiger partial charge in [-0.25, -0.2) is 15.0 Å². The third kappa shape index (κ3) is 4.44. The van der Waals surface area contributed by atoms with Crippen molar-refractivity contribution in [2.75, 3.05) is 6.00 Å². The fourth-order valence-corrected chi connectivity index (χ4v) is 2.92. The average Bonchev–Trinajstić information content (AvgIpc) is 2.72. The summed E-state index contributed by atoms with van der Waals surface area (Å²) in [4.78, 5) is 13.1. The number of allylic oxidation sites excluding steroid dienone is 3. The van der Waals surface area contributed by atoms with Gasteiger partial charge in [0.05, 0.1) is 0 Å². The van der Waals surface area contributed by atoms with Crippen molar-refractivity contribution in [1.29, 1.82) is 0 Å². The molecule has 0 radical (unpaired) electrons. The predicted octanol–water partition coefficient (Wildman–Crippen LogP) is 5.53. The summed E-state index contributed by atoms with van der Waals surface area (Å²) in [5.74, 6) is 1.34. The minimum atomic E-state index is 0.113. The molecule has 1 atom stereocenters. The van der Waals surface area contributed by atoms with Gasteiger partial charge in [0.25, 0.3) is 0 Å². The molecule has 0 N–H and O–H groups in total. The van der Waals surface area contributed by atoms with Crippen molar-refractivity contribution in [2.24, 2.45) is 20.9 Å². The number of amidine groups is 2. The minimum Gasteiger partial charge on any atom is -0.250 e. The number of hydrogen-bond donors (Lipinski definition) is 0. The highest BCUT2D eigenvalue weighted by atomic mass is 35.5. The van der Waals surface area contributed by atoms with Gasteiger partial charge < -0.3 is 0 Å². The molecule has 2 aromatic carbocycles. The summed E-state index contributed by atoms with van der Waals surface area (Å²) in [5.41, 5.74) is 3.22. The Morgan fingerprint density at radius 3 is 2.35 bits per heavy atom. The van der Waals surface area contributed by atoms with Crippen LogP contribution in [0.1, 0.15) is 12.0 Å². The molecule has 1 unspecified atom stereocenters. The lowest BCUT2D eigenvalue weighted by Gasteiger charge is -2.13. The summed E-state index contributed by atoms with van der Waals surface area (Å²) in [6, 6.07) is 18.5. The van der Waals surface area contributed by atoms with Crippen LogP contribution in [0.2, 0.25) is 0 Å². The molecular weight excluding hydrogens is 342 g/mol. The van der Waals surface area contributed by atoms with Crippen molar-refractivity contribution in [2.45, 2.75) is 6.42 Å². The summed E-state index contributed by atoms with van der Waals surface area (Å²) < 4.78 is 0. The first kappa shape index (κ1) is 18.0. The fourth-order valence-electron chi connectivity index (χ4n) is 2.81. The zero-order valence-corrected chi connectivity index (χ0v) is 15.2. The van der Waals surface area contributed by atoms with Crippen LogP contribution in [0.25, 0.3) is 11.1 Å². The maximum Gasteiger partial charge on any atom is 0.157 e. The van der Waals surface area contributed by atoms with Gasteiger partial charge in [0.1, 0.15) is 11.8 Å². The number of rotatable bonds is 4. The molecule has 26 heavy (non-hydrogen) atoms. The fraction of sp³-hybridized carbons (Fsp3) is 0.136. The normalized spacial score (nSPS) is 17.3. The van der Waals surface area contributed by atoms with E-state index in [-0.39, 0.29) is 11.9 Å². The summed E-state index contributed by atoms with van der Waals surface area (Å²) >= 11 is 5.86. The van der Waals surface area contributed by atoms with Crippen LogP contribution in [0.4, 0.5) is 0 Å². The Morgan fingerprint density at radius 1 is 1.00 bits per heavy atom. The van der Waals surface area contributed by atoms with E-state index in [0.717, 1.165) is 17.5 Å². The lowest BCUT2D eigenvalue weighted by Crippen LogP contribution is -2.13. The largest absolute Gasteiger partial charge is 0.250 e. The number of alkyl halides is 1. The van der Waals surface area contributed by atoms with Crippen LogP contribution in [0.15, 0.2) is 93.9 Å². The zero-order chi connectivity index (χ0) is 18.2. The first-order chi connectivity index (χ1) is 12.8. The number of benzene rings is 2. The third-order valence-corrected chi connectivity index (χ3v) is 4.27. The van der Waals surface area contributed by atoms with E-state index in [1.165, 1.54) is 5.56 Å². The van der Waals surface area contributed by atoms with Crippen LogP contribution in [-0.4, -0.2) is 24.4 Å². The van der Waals surface area contributed by atoms with Crippen molar-refractivity contribution in [1.82, 2.24) is 0 Å². The van der Waals surface area contributed by atoms with Gasteiger partial charge in [-0.2, -0.15) is 0 Å². The maximum atomic E-state index is 5.86. The predicted molar refractivity (Wildman–Crippen MR) is 113 cm³/mol. The quantitative estimate of drug-likeness (QED) is 0.297. The van der Waals surface area contributed by atoms with Crippen LogP contribution < -0.4 is 0 Å². The van der Waals surface area contributed by atoms with E-state index in [0.29, 0.717) is 11.7 Å². The topological polar surface area (TPSA) is 37.1 Å². The van der Waals surface area contributed by atoms with E-state index in [9.17, 15) is 0 Å². The molecule has 0 saturated heterocycles. The first-order valence-electron chi connectivity index (χ1n) is 8.46. The molecule has 0 spiro atoms. The number of halogens is 1. The molecule has 2 aromatic rings. The third-order valence-electron chi connectivity index (χ3n) is 4.15. The van der Waals surface area contributed by atoms with Crippen molar-refractivity contribution < 1.29 is 0 Å². The van der Waals surface area contributed by atoms with Gasteiger partial charge >= 0.3 is 0 Å². The number of aliphatic imine (C=N–C) groups is 3. The van der Waals surface area contributed by atoms with Crippen molar-refractivity contribution >= 4 is 30.0 Å². The Kier molecular flexibility index (Phi) is 6.29. The molecule has 0 saturated carbocycles. The van der Waals surface area contributed by atoms with Crippen LogP contribution >= 0.6 is 11.6 Å². The number of hydrogen-bond acceptors (Lipinski definition) is 1. The zero-order valence-electron chi connectivity index (χ0n) is 14.4. The van der Waals surface area contributed by atoms with Crippen molar-refractivity contribution in [3.05, 3.63) is 84.5 Å². The lowest BCUT2D eigenvalue weighted by molar-refractivity contribution is 0.861. The SMILES string of the molecule is C=N/C(=N\C(=N/CCl)c1ccc(-c2ccccc2)cc1)C1C=CC=CC1. The molecule has 0 aromatic heterocycles. The van der Waals surface area contributed by atoms with Gasteiger partial charge in [0.15, 0.2) is 5.84 Å². The van der Waals surface area contributed by atoms with E-state index in [2.05, 4.69) is 58.1 Å². The summed E-state index contributed by atoms with van der Waals surface area (Å²) in [5, 5.41) is 0. The average molecular weight is 362 g/mol. The van der Waals surface area contributed by atoms with E-state index in [4.69, 9.17) is 11.6 Å². The molecule has 0 bridgehead atoms. The molecule has 1 aliphatic carbocycles. The minimum absolute atomic E-state index is 0.113. The van der Waals surface area contributed by atoms with Crippen LogP contribution in [0.5, 0.6) is 0 Å². The van der Waals surface area contributed by atoms with E-state index >= 15 is 0 Å². The van der Waals surface area contributed by atoms with Crippen molar-refractivity contribution in [3.8, 4) is 11.1 Å². The summed E-state index contributed by atoms with van der Waals surface area (Å²) in [6.07, 6.45) is 9.05. The lowest BCUT2D eigenvalue weighted by atomic mass is 9.99. The molecule has 130 valence electrons. The molecule has 3 nitrogen and oxygen atoms in total. The maximum absolute atomic E-state index is 5.86. The standard InChI is InChI=1S/C22H20ClN3/c1-24-21(19-10-6-3-7-11-19)26-22(25-16-23)20-14-12-18(13-15-20)17-8-4-2-5-9-17/h2-10,12-15,19H,1,11,16H2/b25-22-,26-21-. The van der Waals surface area contributed by atoms with E-state index in [1.54, 1.807) is 0 Å². The molecule has 4 heteroatoms. The second kappa shape index (κ2) is 9.07. The molecular formula is C22H20ClN3.